The van der Waals surface area contributed by atoms with Crippen LogP contribution in [0, 0.1) is 19.8 Å². The Balaban J connectivity index is 1.99. The van der Waals surface area contributed by atoms with E-state index in [1.165, 1.54) is 12.8 Å². The van der Waals surface area contributed by atoms with Crippen molar-refractivity contribution < 1.29 is 4.79 Å². The minimum atomic E-state index is -0.00306. The van der Waals surface area contributed by atoms with Gasteiger partial charge in [-0.05, 0) is 43.7 Å². The number of hydrogen-bond donors (Lipinski definition) is 2. The Labute approximate surface area is 102 Å². The third-order valence-electron chi connectivity index (χ3n) is 3.43. The average Bonchev–Trinajstić information content (AvgIpc) is 3.09. The van der Waals surface area contributed by atoms with Crippen LogP contribution < -0.4 is 11.1 Å². The van der Waals surface area contributed by atoms with Crippen LogP contribution in [-0.2, 0) is 0 Å². The lowest BCUT2D eigenvalue weighted by Gasteiger charge is -2.14. The molecule has 92 valence electrons. The Morgan fingerprint density at radius 2 is 2.00 bits per heavy atom. The number of nitrogens with two attached hydrogens (primary N) is 1. The van der Waals surface area contributed by atoms with E-state index in [9.17, 15) is 4.79 Å². The number of carbonyl (C=O) groups is 1. The predicted molar refractivity (Wildman–Crippen MR) is 68.9 cm³/mol. The van der Waals surface area contributed by atoms with E-state index >= 15 is 0 Å². The number of aryl methyl sites for hydroxylation is 2. The van der Waals surface area contributed by atoms with Crippen LogP contribution in [0.2, 0.25) is 0 Å². The van der Waals surface area contributed by atoms with E-state index < -0.39 is 0 Å². The lowest BCUT2D eigenvalue weighted by molar-refractivity contribution is 0.0949. The third-order valence-corrected chi connectivity index (χ3v) is 3.43. The van der Waals surface area contributed by atoms with Gasteiger partial charge in [0.15, 0.2) is 0 Å². The molecule has 0 radical (unpaired) electrons. The normalized spacial score (nSPS) is 16.6. The maximum Gasteiger partial charge on any atom is 0.251 e. The summed E-state index contributed by atoms with van der Waals surface area (Å²) >= 11 is 0. The Bertz CT molecular complexity index is 404. The first-order valence-electron chi connectivity index (χ1n) is 6.19. The number of hydrogen-bond acceptors (Lipinski definition) is 2. The van der Waals surface area contributed by atoms with Crippen molar-refractivity contribution in [3.63, 3.8) is 0 Å². The van der Waals surface area contributed by atoms with Gasteiger partial charge >= 0.3 is 0 Å². The average molecular weight is 232 g/mol. The van der Waals surface area contributed by atoms with Gasteiger partial charge in [-0.2, -0.15) is 0 Å². The molecule has 1 aromatic carbocycles. The van der Waals surface area contributed by atoms with Crippen molar-refractivity contribution in [2.45, 2.75) is 32.7 Å². The molecule has 0 bridgehead atoms. The molecule has 17 heavy (non-hydrogen) atoms. The van der Waals surface area contributed by atoms with E-state index in [4.69, 9.17) is 5.73 Å². The molecule has 1 amide bonds. The number of nitrogens with one attached hydrogen (secondary N) is 1. The molecule has 3 nitrogen and oxygen atoms in total. The molecule has 2 rings (SSSR count). The molecule has 0 aromatic heterocycles. The third kappa shape index (κ3) is 2.86. The molecule has 3 N–H and O–H groups in total. The molecular formula is C14H20N2O. The molecule has 1 aromatic rings. The maximum absolute atomic E-state index is 12.1. The van der Waals surface area contributed by atoms with Gasteiger partial charge in [-0.1, -0.05) is 18.2 Å². The zero-order valence-electron chi connectivity index (χ0n) is 10.5. The van der Waals surface area contributed by atoms with Gasteiger partial charge in [-0.25, -0.2) is 0 Å². The molecule has 3 heteroatoms. The van der Waals surface area contributed by atoms with Gasteiger partial charge in [-0.3, -0.25) is 4.79 Å². The Morgan fingerprint density at radius 1 is 1.41 bits per heavy atom. The molecule has 0 spiro atoms. The second kappa shape index (κ2) is 4.88. The van der Waals surface area contributed by atoms with Crippen molar-refractivity contribution in [1.29, 1.82) is 0 Å². The van der Waals surface area contributed by atoms with Crippen molar-refractivity contribution >= 4 is 5.91 Å². The smallest absolute Gasteiger partial charge is 0.251 e. The molecule has 0 aliphatic heterocycles. The van der Waals surface area contributed by atoms with Crippen molar-refractivity contribution in [1.82, 2.24) is 5.32 Å². The number of benzene rings is 1. The monoisotopic (exact) mass is 232 g/mol. The summed E-state index contributed by atoms with van der Waals surface area (Å²) < 4.78 is 0. The first-order chi connectivity index (χ1) is 8.09. The zero-order chi connectivity index (χ0) is 12.4. The summed E-state index contributed by atoms with van der Waals surface area (Å²) in [6.45, 7) is 4.50. The van der Waals surface area contributed by atoms with E-state index in [2.05, 4.69) is 5.32 Å². The van der Waals surface area contributed by atoms with E-state index in [0.29, 0.717) is 12.5 Å². The van der Waals surface area contributed by atoms with Gasteiger partial charge in [0.1, 0.15) is 0 Å². The van der Waals surface area contributed by atoms with Crippen LogP contribution in [-0.4, -0.2) is 18.5 Å². The lowest BCUT2D eigenvalue weighted by atomic mass is 10.0. The predicted octanol–water partition coefficient (Wildman–Crippen LogP) is 1.77. The molecule has 1 saturated carbocycles. The van der Waals surface area contributed by atoms with E-state index in [-0.39, 0.29) is 11.9 Å². The van der Waals surface area contributed by atoms with E-state index in [0.717, 1.165) is 16.7 Å². The summed E-state index contributed by atoms with van der Waals surface area (Å²) in [5, 5.41) is 2.94. The van der Waals surface area contributed by atoms with Crippen molar-refractivity contribution in [3.05, 3.63) is 34.9 Å². The van der Waals surface area contributed by atoms with Crippen molar-refractivity contribution in [3.8, 4) is 0 Å². The summed E-state index contributed by atoms with van der Waals surface area (Å²) in [5.41, 5.74) is 8.79. The molecule has 1 atom stereocenters. The van der Waals surface area contributed by atoms with Gasteiger partial charge in [0, 0.05) is 18.2 Å². The minimum Gasteiger partial charge on any atom is -0.350 e. The SMILES string of the molecule is Cc1cccc(C)c1C(=O)NCC(N)C1CC1. The fourth-order valence-electron chi connectivity index (χ4n) is 2.16. The summed E-state index contributed by atoms with van der Waals surface area (Å²) in [6.07, 6.45) is 2.42. The van der Waals surface area contributed by atoms with Crippen LogP contribution in [0.25, 0.3) is 0 Å². The fourth-order valence-corrected chi connectivity index (χ4v) is 2.16. The van der Waals surface area contributed by atoms with Crippen LogP contribution >= 0.6 is 0 Å². The van der Waals surface area contributed by atoms with Crippen LogP contribution in [0.4, 0.5) is 0 Å². The molecule has 0 saturated heterocycles. The largest absolute Gasteiger partial charge is 0.350 e. The van der Waals surface area contributed by atoms with Gasteiger partial charge in [0.05, 0.1) is 0 Å². The van der Waals surface area contributed by atoms with Gasteiger partial charge < -0.3 is 11.1 Å². The van der Waals surface area contributed by atoms with Crippen LogP contribution in [0.3, 0.4) is 0 Å². The maximum atomic E-state index is 12.1. The molecule has 1 fully saturated rings. The van der Waals surface area contributed by atoms with Crippen LogP contribution in [0.1, 0.15) is 34.3 Å². The van der Waals surface area contributed by atoms with Crippen molar-refractivity contribution in [2.75, 3.05) is 6.54 Å². The number of carbonyl (C=O) groups excluding carboxylic acids is 1. The summed E-state index contributed by atoms with van der Waals surface area (Å²) in [4.78, 5) is 12.1. The summed E-state index contributed by atoms with van der Waals surface area (Å²) in [6, 6.07) is 6.01. The highest BCUT2D eigenvalue weighted by Gasteiger charge is 2.28. The summed E-state index contributed by atoms with van der Waals surface area (Å²) in [7, 11) is 0. The highest BCUT2D eigenvalue weighted by atomic mass is 16.1. The number of rotatable bonds is 4. The Morgan fingerprint density at radius 3 is 2.53 bits per heavy atom. The molecule has 0 heterocycles. The minimum absolute atomic E-state index is 0.00306. The Kier molecular flexibility index (Phi) is 3.48. The van der Waals surface area contributed by atoms with E-state index in [1.807, 2.05) is 32.0 Å². The Hall–Kier alpha value is -1.35. The second-order valence-electron chi connectivity index (χ2n) is 4.98. The zero-order valence-corrected chi connectivity index (χ0v) is 10.5. The second-order valence-corrected chi connectivity index (χ2v) is 4.98. The quantitative estimate of drug-likeness (QED) is 0.831. The van der Waals surface area contributed by atoms with Crippen LogP contribution in [0.15, 0.2) is 18.2 Å². The molecule has 1 unspecified atom stereocenters. The van der Waals surface area contributed by atoms with Gasteiger partial charge in [0.25, 0.3) is 5.91 Å². The van der Waals surface area contributed by atoms with E-state index in [1.54, 1.807) is 0 Å². The highest BCUT2D eigenvalue weighted by Crippen LogP contribution is 2.31. The molecule has 1 aliphatic rings. The highest BCUT2D eigenvalue weighted by molar-refractivity contribution is 5.97. The number of amides is 1. The lowest BCUT2D eigenvalue weighted by Crippen LogP contribution is -2.39. The fraction of sp³-hybridized carbons (Fsp3) is 0.500. The van der Waals surface area contributed by atoms with Gasteiger partial charge in [0.2, 0.25) is 0 Å². The standard InChI is InChI=1S/C14H20N2O/c1-9-4-3-5-10(2)13(9)14(17)16-8-12(15)11-6-7-11/h3-5,11-12H,6-8,15H2,1-2H3,(H,16,17). The molecule has 1 aliphatic carbocycles. The first-order valence-corrected chi connectivity index (χ1v) is 6.19. The topological polar surface area (TPSA) is 55.1 Å². The van der Waals surface area contributed by atoms with Crippen LogP contribution in [0.5, 0.6) is 0 Å². The van der Waals surface area contributed by atoms with Gasteiger partial charge in [-0.15, -0.1) is 0 Å². The summed E-state index contributed by atoms with van der Waals surface area (Å²) in [5.74, 6) is 0.616. The first kappa shape index (κ1) is 12.1. The molecular weight excluding hydrogens is 212 g/mol. The van der Waals surface area contributed by atoms with Crippen molar-refractivity contribution in [2.24, 2.45) is 11.7 Å².